The number of hydrogen-bond acceptors (Lipinski definition) is 5. The predicted molar refractivity (Wildman–Crippen MR) is 94.5 cm³/mol. The number of amides is 1. The van der Waals surface area contributed by atoms with Crippen molar-refractivity contribution < 1.29 is 13.2 Å². The molecule has 128 valence electrons. The summed E-state index contributed by atoms with van der Waals surface area (Å²) >= 11 is 1.88. The third kappa shape index (κ3) is 4.96. The van der Waals surface area contributed by atoms with Crippen molar-refractivity contribution in [1.82, 2.24) is 10.2 Å². The van der Waals surface area contributed by atoms with Crippen LogP contribution in [0.1, 0.15) is 24.9 Å². The summed E-state index contributed by atoms with van der Waals surface area (Å²) < 4.78 is 23.0. The average Bonchev–Trinajstić information content (AvgIpc) is 2.53. The molecule has 1 fully saturated rings. The monoisotopic (exact) mass is 356 g/mol. The molecular formula is C16H24N2O3S2. The summed E-state index contributed by atoms with van der Waals surface area (Å²) in [7, 11) is -1.39. The molecule has 1 saturated heterocycles. The Hall–Kier alpha value is -1.05. The van der Waals surface area contributed by atoms with Crippen LogP contribution >= 0.6 is 11.8 Å². The molecule has 1 heterocycles. The Labute approximate surface area is 142 Å². The number of sulfone groups is 1. The number of hydrogen-bond donors (Lipinski definition) is 1. The molecule has 1 N–H and O–H groups in total. The van der Waals surface area contributed by atoms with Crippen molar-refractivity contribution in [2.45, 2.75) is 30.3 Å². The molecule has 0 spiro atoms. The minimum absolute atomic E-state index is 0.0904. The summed E-state index contributed by atoms with van der Waals surface area (Å²) in [4.78, 5) is 14.5. The van der Waals surface area contributed by atoms with Gasteiger partial charge in [-0.05, 0) is 24.6 Å². The van der Waals surface area contributed by atoms with Gasteiger partial charge in [0.15, 0.2) is 9.84 Å². The molecule has 0 aromatic heterocycles. The van der Waals surface area contributed by atoms with Gasteiger partial charge in [0.05, 0.1) is 10.9 Å². The SMILES string of the molecule is CC(c1ccc(S(C)(=O)=O)cc1)N(C)C(=O)CC1CSCCN1. The zero-order valence-corrected chi connectivity index (χ0v) is 15.4. The molecule has 2 unspecified atom stereocenters. The largest absolute Gasteiger partial charge is 0.339 e. The summed E-state index contributed by atoms with van der Waals surface area (Å²) in [5.41, 5.74) is 0.930. The van der Waals surface area contributed by atoms with Crippen LogP contribution in [0.15, 0.2) is 29.2 Å². The second-order valence-corrected chi connectivity index (χ2v) is 9.12. The number of nitrogens with zero attached hydrogens (tertiary/aromatic N) is 1. The van der Waals surface area contributed by atoms with Crippen molar-refractivity contribution >= 4 is 27.5 Å². The van der Waals surface area contributed by atoms with Gasteiger partial charge in [-0.25, -0.2) is 8.42 Å². The van der Waals surface area contributed by atoms with E-state index in [1.807, 2.05) is 18.7 Å². The lowest BCUT2D eigenvalue weighted by Crippen LogP contribution is -2.42. The Bertz CT molecular complexity index is 638. The van der Waals surface area contributed by atoms with Crippen molar-refractivity contribution in [2.75, 3.05) is 31.4 Å². The van der Waals surface area contributed by atoms with Gasteiger partial charge in [0.1, 0.15) is 0 Å². The molecule has 0 bridgehead atoms. The van der Waals surface area contributed by atoms with E-state index in [1.54, 1.807) is 36.2 Å². The van der Waals surface area contributed by atoms with Gasteiger partial charge in [0, 0.05) is 43.8 Å². The zero-order valence-electron chi connectivity index (χ0n) is 13.8. The van der Waals surface area contributed by atoms with Gasteiger partial charge in [-0.15, -0.1) is 0 Å². The lowest BCUT2D eigenvalue weighted by atomic mass is 10.1. The van der Waals surface area contributed by atoms with E-state index in [1.165, 1.54) is 6.26 Å². The Kier molecular flexibility index (Phi) is 6.11. The van der Waals surface area contributed by atoms with E-state index in [0.717, 1.165) is 23.6 Å². The molecule has 1 aromatic rings. The molecule has 0 saturated carbocycles. The Morgan fingerprint density at radius 1 is 1.39 bits per heavy atom. The van der Waals surface area contributed by atoms with Crippen molar-refractivity contribution in [3.8, 4) is 0 Å². The van der Waals surface area contributed by atoms with Crippen molar-refractivity contribution in [1.29, 1.82) is 0 Å². The smallest absolute Gasteiger partial charge is 0.224 e. The van der Waals surface area contributed by atoms with Gasteiger partial charge in [0.25, 0.3) is 0 Å². The van der Waals surface area contributed by atoms with Gasteiger partial charge < -0.3 is 10.2 Å². The maximum Gasteiger partial charge on any atom is 0.224 e. The van der Waals surface area contributed by atoms with Gasteiger partial charge >= 0.3 is 0 Å². The average molecular weight is 357 g/mol. The topological polar surface area (TPSA) is 66.5 Å². The molecule has 5 nitrogen and oxygen atoms in total. The van der Waals surface area contributed by atoms with E-state index in [9.17, 15) is 13.2 Å². The third-order valence-electron chi connectivity index (χ3n) is 4.18. The van der Waals surface area contributed by atoms with Crippen LogP contribution in [0.25, 0.3) is 0 Å². The molecular weight excluding hydrogens is 332 g/mol. The Morgan fingerprint density at radius 2 is 2.04 bits per heavy atom. The third-order valence-corrected chi connectivity index (χ3v) is 6.44. The van der Waals surface area contributed by atoms with E-state index < -0.39 is 9.84 Å². The van der Waals surface area contributed by atoms with Crippen molar-refractivity contribution in [3.05, 3.63) is 29.8 Å². The van der Waals surface area contributed by atoms with E-state index >= 15 is 0 Å². The summed E-state index contributed by atoms with van der Waals surface area (Å²) in [5.74, 6) is 2.17. The van der Waals surface area contributed by atoms with Gasteiger partial charge in [-0.1, -0.05) is 12.1 Å². The first-order chi connectivity index (χ1) is 10.8. The first kappa shape index (κ1) is 18.3. The van der Waals surface area contributed by atoms with Crippen LogP contribution in [0.4, 0.5) is 0 Å². The predicted octanol–water partition coefficient (Wildman–Crippen LogP) is 1.70. The number of carbonyl (C=O) groups excluding carboxylic acids is 1. The van der Waals surface area contributed by atoms with Gasteiger partial charge in [0.2, 0.25) is 5.91 Å². The van der Waals surface area contributed by atoms with E-state index in [4.69, 9.17) is 0 Å². The second-order valence-electron chi connectivity index (χ2n) is 5.95. The van der Waals surface area contributed by atoms with Crippen LogP contribution in [-0.4, -0.2) is 56.6 Å². The summed E-state index contributed by atoms with van der Waals surface area (Å²) in [6.45, 7) is 2.91. The highest BCUT2D eigenvalue weighted by atomic mass is 32.2. The van der Waals surface area contributed by atoms with E-state index in [0.29, 0.717) is 11.3 Å². The lowest BCUT2D eigenvalue weighted by Gasteiger charge is -2.29. The normalized spacial score (nSPS) is 20.0. The highest BCUT2D eigenvalue weighted by Crippen LogP contribution is 2.22. The Morgan fingerprint density at radius 3 is 2.57 bits per heavy atom. The van der Waals surface area contributed by atoms with E-state index in [-0.39, 0.29) is 18.0 Å². The fourth-order valence-corrected chi connectivity index (χ4v) is 4.12. The molecule has 2 rings (SSSR count). The fraction of sp³-hybridized carbons (Fsp3) is 0.562. The number of nitrogens with one attached hydrogen (secondary N) is 1. The number of benzene rings is 1. The van der Waals surface area contributed by atoms with Crippen LogP contribution in [0, 0.1) is 0 Å². The quantitative estimate of drug-likeness (QED) is 0.870. The highest BCUT2D eigenvalue weighted by molar-refractivity contribution is 7.99. The van der Waals surface area contributed by atoms with E-state index in [2.05, 4.69) is 5.32 Å². The lowest BCUT2D eigenvalue weighted by molar-refractivity contribution is -0.132. The van der Waals surface area contributed by atoms with Crippen LogP contribution < -0.4 is 5.32 Å². The summed E-state index contributed by atoms with van der Waals surface area (Å²) in [5, 5.41) is 3.37. The first-order valence-corrected chi connectivity index (χ1v) is 10.7. The zero-order chi connectivity index (χ0) is 17.0. The van der Waals surface area contributed by atoms with Crippen molar-refractivity contribution in [3.63, 3.8) is 0 Å². The molecule has 0 radical (unpaired) electrons. The minimum atomic E-state index is -3.19. The molecule has 23 heavy (non-hydrogen) atoms. The number of carbonyl (C=O) groups is 1. The standard InChI is InChI=1S/C16H24N2O3S2/c1-12(13-4-6-15(7-5-13)23(3,20)21)18(2)16(19)10-14-11-22-9-8-17-14/h4-7,12,14,17H,8-11H2,1-3H3. The molecule has 2 atom stereocenters. The highest BCUT2D eigenvalue weighted by Gasteiger charge is 2.22. The molecule has 1 aliphatic rings. The van der Waals surface area contributed by atoms with Gasteiger partial charge in [-0.2, -0.15) is 11.8 Å². The summed E-state index contributed by atoms with van der Waals surface area (Å²) in [6.07, 6.45) is 1.69. The second kappa shape index (κ2) is 7.68. The van der Waals surface area contributed by atoms with Crippen LogP contribution in [-0.2, 0) is 14.6 Å². The van der Waals surface area contributed by atoms with Gasteiger partial charge in [-0.3, -0.25) is 4.79 Å². The minimum Gasteiger partial charge on any atom is -0.339 e. The van der Waals surface area contributed by atoms with Crippen LogP contribution in [0.5, 0.6) is 0 Å². The van der Waals surface area contributed by atoms with Crippen LogP contribution in [0.3, 0.4) is 0 Å². The molecule has 1 amide bonds. The number of rotatable bonds is 5. The molecule has 7 heteroatoms. The Balaban J connectivity index is 2.00. The van der Waals surface area contributed by atoms with Crippen molar-refractivity contribution in [2.24, 2.45) is 0 Å². The molecule has 1 aliphatic heterocycles. The summed E-state index contributed by atoms with van der Waals surface area (Å²) in [6, 6.07) is 6.90. The fourth-order valence-electron chi connectivity index (χ4n) is 2.54. The maximum atomic E-state index is 12.4. The maximum absolute atomic E-state index is 12.4. The number of thioether (sulfide) groups is 1. The van der Waals surface area contributed by atoms with Crippen LogP contribution in [0.2, 0.25) is 0 Å². The first-order valence-electron chi connectivity index (χ1n) is 7.66. The molecule has 0 aliphatic carbocycles. The molecule has 1 aromatic carbocycles.